The van der Waals surface area contributed by atoms with E-state index in [-0.39, 0.29) is 27.1 Å². The predicted octanol–water partition coefficient (Wildman–Crippen LogP) is 25.8. The SMILES string of the molecule is CC(C)(C)c1ccc(N(c2cccc(-c3ccccc3)c2)c2ccc3c(c2)C(C)(C)c2cc(C=Cc4ccc5c(c4)C(C)(C)c4cc(C=Cc6ccc7c(c6)C(C)(C)c6cc(N(c8ccc(C(C)(C)C)cc8)c8cccc(-c9ccccc9)c8)ccc6-7)ccc4-5)ccc2-3)cc1. The largest absolute Gasteiger partial charge is 0.310 e. The second-order valence-electron chi connectivity index (χ2n) is 30.3. The van der Waals surface area contributed by atoms with Crippen molar-refractivity contribution in [3.8, 4) is 55.6 Å². The first-order valence-electron chi connectivity index (χ1n) is 33.9. The highest BCUT2D eigenvalue weighted by Gasteiger charge is 2.39. The number of hydrogen-bond acceptors (Lipinski definition) is 2. The maximum atomic E-state index is 2.44. The van der Waals surface area contributed by atoms with E-state index in [4.69, 9.17) is 0 Å². The average molecular weight is 1230 g/mol. The first kappa shape index (κ1) is 60.9. The zero-order chi connectivity index (χ0) is 65.8. The van der Waals surface area contributed by atoms with E-state index in [1.54, 1.807) is 0 Å². The lowest BCUT2D eigenvalue weighted by Gasteiger charge is -2.29. The van der Waals surface area contributed by atoms with Crippen molar-refractivity contribution in [2.45, 2.75) is 110 Å². The highest BCUT2D eigenvalue weighted by Crippen LogP contribution is 2.55. The van der Waals surface area contributed by atoms with Crippen molar-refractivity contribution in [3.05, 3.63) is 334 Å². The summed E-state index contributed by atoms with van der Waals surface area (Å²) in [6, 6.07) is 100. The number of hydrogen-bond donors (Lipinski definition) is 0. The molecule has 0 spiro atoms. The van der Waals surface area contributed by atoms with Gasteiger partial charge in [-0.1, -0.05) is 302 Å². The van der Waals surface area contributed by atoms with Gasteiger partial charge in [0, 0.05) is 50.4 Å². The summed E-state index contributed by atoms with van der Waals surface area (Å²) in [7, 11) is 0. The van der Waals surface area contributed by atoms with Gasteiger partial charge < -0.3 is 9.80 Å². The number of nitrogens with zero attached hydrogens (tertiary/aromatic N) is 2. The van der Waals surface area contributed by atoms with Crippen molar-refractivity contribution in [1.29, 1.82) is 0 Å². The second-order valence-corrected chi connectivity index (χ2v) is 30.3. The van der Waals surface area contributed by atoms with Crippen LogP contribution in [0.3, 0.4) is 0 Å². The fraction of sp³-hybridized carbons (Fsp3) is 0.183. The molecule has 2 nitrogen and oxygen atoms in total. The van der Waals surface area contributed by atoms with Gasteiger partial charge in [0.1, 0.15) is 0 Å². The highest BCUT2D eigenvalue weighted by atomic mass is 15.1. The van der Waals surface area contributed by atoms with Crippen LogP contribution in [-0.4, -0.2) is 0 Å². The zero-order valence-corrected chi connectivity index (χ0v) is 57.1. The molecule has 0 fully saturated rings. The summed E-state index contributed by atoms with van der Waals surface area (Å²) in [6.45, 7) is 28.0. The van der Waals surface area contributed by atoms with E-state index in [0.717, 1.165) is 34.1 Å². The van der Waals surface area contributed by atoms with E-state index < -0.39 is 0 Å². The molecule has 0 aliphatic heterocycles. The Morgan fingerprint density at radius 2 is 0.484 bits per heavy atom. The van der Waals surface area contributed by atoms with Crippen molar-refractivity contribution in [3.63, 3.8) is 0 Å². The van der Waals surface area contributed by atoms with Crippen molar-refractivity contribution >= 4 is 58.4 Å². The maximum Gasteiger partial charge on any atom is 0.0467 e. The Hall–Kier alpha value is -10.3. The third-order valence-electron chi connectivity index (χ3n) is 21.0. The fourth-order valence-electron chi connectivity index (χ4n) is 15.4. The van der Waals surface area contributed by atoms with Gasteiger partial charge in [0.2, 0.25) is 0 Å². The van der Waals surface area contributed by atoms with Gasteiger partial charge >= 0.3 is 0 Å². The smallest absolute Gasteiger partial charge is 0.0467 e. The molecule has 12 aromatic rings. The van der Waals surface area contributed by atoms with Gasteiger partial charge in [-0.15, -0.1) is 0 Å². The molecule has 0 N–H and O–H groups in total. The van der Waals surface area contributed by atoms with Crippen LogP contribution >= 0.6 is 0 Å². The zero-order valence-electron chi connectivity index (χ0n) is 57.1. The molecule has 0 heterocycles. The molecular weight excluding hydrogens is 1150 g/mol. The molecule has 12 aromatic carbocycles. The Bertz CT molecular complexity index is 4700. The third kappa shape index (κ3) is 11.0. The molecule has 0 saturated carbocycles. The average Bonchev–Trinajstić information content (AvgIpc) is 1.60. The summed E-state index contributed by atoms with van der Waals surface area (Å²) < 4.78 is 0. The number of benzene rings is 12. The second kappa shape index (κ2) is 23.0. The van der Waals surface area contributed by atoms with Crippen molar-refractivity contribution in [2.24, 2.45) is 0 Å². The van der Waals surface area contributed by atoms with E-state index in [1.165, 1.54) is 122 Å². The van der Waals surface area contributed by atoms with E-state index in [0.29, 0.717) is 0 Å². The third-order valence-corrected chi connectivity index (χ3v) is 21.0. The summed E-state index contributed by atoms with van der Waals surface area (Å²) in [6.07, 6.45) is 9.21. The molecule has 0 radical (unpaired) electrons. The van der Waals surface area contributed by atoms with Gasteiger partial charge in [0.15, 0.2) is 0 Å². The van der Waals surface area contributed by atoms with Gasteiger partial charge in [-0.2, -0.15) is 0 Å². The predicted molar refractivity (Wildman–Crippen MR) is 408 cm³/mol. The highest BCUT2D eigenvalue weighted by molar-refractivity contribution is 5.91. The monoisotopic (exact) mass is 1230 g/mol. The Labute approximate surface area is 564 Å². The summed E-state index contributed by atoms with van der Waals surface area (Å²) in [5, 5.41) is 0. The quantitative estimate of drug-likeness (QED) is 0.113. The van der Waals surface area contributed by atoms with Crippen LogP contribution in [0.4, 0.5) is 34.1 Å². The van der Waals surface area contributed by atoms with Gasteiger partial charge in [-0.05, 0) is 206 Å². The number of fused-ring (bicyclic) bond motifs is 9. The number of rotatable bonds is 12. The van der Waals surface area contributed by atoms with Crippen LogP contribution in [0, 0.1) is 0 Å². The van der Waals surface area contributed by atoms with Crippen LogP contribution < -0.4 is 9.80 Å². The fourth-order valence-corrected chi connectivity index (χ4v) is 15.4. The van der Waals surface area contributed by atoms with Crippen LogP contribution in [-0.2, 0) is 27.1 Å². The first-order chi connectivity index (χ1) is 45.6. The van der Waals surface area contributed by atoms with Crippen molar-refractivity contribution in [1.82, 2.24) is 0 Å². The molecule has 3 aliphatic carbocycles. The van der Waals surface area contributed by atoms with E-state index in [1.807, 2.05) is 0 Å². The van der Waals surface area contributed by atoms with Crippen LogP contribution in [0.15, 0.2) is 267 Å². The van der Waals surface area contributed by atoms with Crippen LogP contribution in [0.2, 0.25) is 0 Å². The molecule has 466 valence electrons. The van der Waals surface area contributed by atoms with E-state index in [9.17, 15) is 0 Å². The molecule has 0 saturated heterocycles. The molecule has 3 aliphatic rings. The molecule has 0 aromatic heterocycles. The van der Waals surface area contributed by atoms with Gasteiger partial charge in [0.05, 0.1) is 0 Å². The molecule has 0 unspecified atom stereocenters. The van der Waals surface area contributed by atoms with E-state index >= 15 is 0 Å². The van der Waals surface area contributed by atoms with Crippen LogP contribution in [0.1, 0.15) is 150 Å². The molecule has 95 heavy (non-hydrogen) atoms. The molecular formula is C93H84N2. The molecule has 0 amide bonds. The number of anilines is 6. The maximum absolute atomic E-state index is 2.44. The van der Waals surface area contributed by atoms with E-state index in [2.05, 4.69) is 384 Å². The van der Waals surface area contributed by atoms with Gasteiger partial charge in [0.25, 0.3) is 0 Å². The Morgan fingerprint density at radius 3 is 0.779 bits per heavy atom. The Morgan fingerprint density at radius 1 is 0.232 bits per heavy atom. The Balaban J connectivity index is 0.665. The molecule has 2 heteroatoms. The molecule has 0 atom stereocenters. The van der Waals surface area contributed by atoms with Crippen LogP contribution in [0.25, 0.3) is 79.9 Å². The summed E-state index contributed by atoms with van der Waals surface area (Å²) >= 11 is 0. The minimum Gasteiger partial charge on any atom is -0.310 e. The minimum absolute atomic E-state index is 0.0576. The Kier molecular flexibility index (Phi) is 14.8. The molecule has 15 rings (SSSR count). The topological polar surface area (TPSA) is 6.48 Å². The van der Waals surface area contributed by atoms with Gasteiger partial charge in [-0.3, -0.25) is 0 Å². The summed E-state index contributed by atoms with van der Waals surface area (Å²) in [5.41, 5.74) is 34.7. The van der Waals surface area contributed by atoms with Crippen molar-refractivity contribution < 1.29 is 0 Å². The lowest BCUT2D eigenvalue weighted by Crippen LogP contribution is -2.17. The molecule has 0 bridgehead atoms. The lowest BCUT2D eigenvalue weighted by molar-refractivity contribution is 0.590. The lowest BCUT2D eigenvalue weighted by atomic mass is 9.81. The van der Waals surface area contributed by atoms with Crippen molar-refractivity contribution in [2.75, 3.05) is 9.80 Å². The standard InChI is InChI=1S/C93H84N2/c1-89(2,3)69-37-41-71(42-38-69)94(73-27-19-25-67(57-73)65-21-15-13-16-22-65)75-45-51-81-79-49-35-63(55-85(79)92(9,10)87(81)59-75)31-29-61-33-47-77-78-48-34-62(54-84(78)91(7,8)83(77)53-61)30-32-64-36-50-80-82-52-46-76(60-88(82)93(11,12)86(80)56-64)95(72-43-39-70(40-44-72)90(4,5)6)74-28-20-26-68(58-74)66-23-17-14-18-24-66/h13-60H,1-12H3. The van der Waals surface area contributed by atoms with Gasteiger partial charge in [-0.25, -0.2) is 0 Å². The first-order valence-corrected chi connectivity index (χ1v) is 33.9. The minimum atomic E-state index is -0.215. The summed E-state index contributed by atoms with van der Waals surface area (Å²) in [5.74, 6) is 0. The van der Waals surface area contributed by atoms with Crippen LogP contribution in [0.5, 0.6) is 0 Å². The summed E-state index contributed by atoms with van der Waals surface area (Å²) in [4.78, 5) is 4.86. The normalized spacial score (nSPS) is 14.5.